The summed E-state index contributed by atoms with van der Waals surface area (Å²) in [5.41, 5.74) is -0.0999. The van der Waals surface area contributed by atoms with Crippen LogP contribution in [0.5, 0.6) is 0 Å². The number of aryl methyl sites for hydroxylation is 1. The predicted octanol–water partition coefficient (Wildman–Crippen LogP) is 1.91. The lowest BCUT2D eigenvalue weighted by atomic mass is 9.78. The van der Waals surface area contributed by atoms with Gasteiger partial charge in [0.25, 0.3) is 5.91 Å². The number of nitrogens with one attached hydrogen (secondary N) is 1. The van der Waals surface area contributed by atoms with E-state index < -0.39 is 5.60 Å². The molecular weight excluding hydrogens is 262 g/mol. The fraction of sp³-hybridized carbons (Fsp3) is 0.769. The first-order valence-corrected chi connectivity index (χ1v) is 7.61. The summed E-state index contributed by atoms with van der Waals surface area (Å²) in [6.45, 7) is 4.27. The molecule has 0 atom stereocenters. The minimum Gasteiger partial charge on any atom is -0.388 e. The van der Waals surface area contributed by atoms with Crippen molar-refractivity contribution in [2.75, 3.05) is 6.54 Å². The van der Waals surface area contributed by atoms with Crippen molar-refractivity contribution in [3.05, 3.63) is 10.6 Å². The standard InChI is InChI=1S/C13H21N3O2S/c1-3-10-4-6-13(18,7-5-10)8-14-12(17)11-9(2)15-16-19-11/h10,18H,3-8H2,1-2H3,(H,14,17). The molecule has 0 aromatic carbocycles. The van der Waals surface area contributed by atoms with Crippen LogP contribution in [-0.4, -0.2) is 32.7 Å². The van der Waals surface area contributed by atoms with Crippen molar-refractivity contribution in [3.8, 4) is 0 Å². The molecule has 0 unspecified atom stereocenters. The fourth-order valence-corrected chi connectivity index (χ4v) is 3.14. The van der Waals surface area contributed by atoms with Crippen LogP contribution >= 0.6 is 11.5 Å². The van der Waals surface area contributed by atoms with Gasteiger partial charge in [-0.15, -0.1) is 5.10 Å². The number of aromatic nitrogens is 2. The van der Waals surface area contributed by atoms with Gasteiger partial charge >= 0.3 is 0 Å². The zero-order chi connectivity index (χ0) is 13.9. The van der Waals surface area contributed by atoms with Crippen LogP contribution in [0.3, 0.4) is 0 Å². The Labute approximate surface area is 117 Å². The number of hydrogen-bond acceptors (Lipinski definition) is 5. The average Bonchev–Trinajstić information content (AvgIpc) is 2.83. The summed E-state index contributed by atoms with van der Waals surface area (Å²) >= 11 is 1.09. The van der Waals surface area contributed by atoms with E-state index in [1.54, 1.807) is 6.92 Å². The van der Waals surface area contributed by atoms with Crippen molar-refractivity contribution >= 4 is 17.4 Å². The maximum absolute atomic E-state index is 11.9. The van der Waals surface area contributed by atoms with Gasteiger partial charge in [-0.3, -0.25) is 4.79 Å². The summed E-state index contributed by atoms with van der Waals surface area (Å²) in [6.07, 6.45) is 4.81. The SMILES string of the molecule is CCC1CCC(O)(CNC(=O)c2snnc2C)CC1. The third kappa shape index (κ3) is 3.51. The van der Waals surface area contributed by atoms with Gasteiger partial charge in [-0.25, -0.2) is 0 Å². The molecule has 1 aromatic rings. The Kier molecular flexibility index (Phi) is 4.52. The van der Waals surface area contributed by atoms with Crippen molar-refractivity contribution in [3.63, 3.8) is 0 Å². The lowest BCUT2D eigenvalue weighted by Gasteiger charge is -2.35. The molecule has 1 aliphatic rings. The Hall–Kier alpha value is -1.01. The van der Waals surface area contributed by atoms with Crippen molar-refractivity contribution in [2.45, 2.75) is 51.6 Å². The van der Waals surface area contributed by atoms with E-state index >= 15 is 0 Å². The topological polar surface area (TPSA) is 75.1 Å². The third-order valence-corrected chi connectivity index (χ3v) is 4.88. The molecule has 1 aliphatic carbocycles. The highest BCUT2D eigenvalue weighted by atomic mass is 32.1. The highest BCUT2D eigenvalue weighted by Crippen LogP contribution is 2.33. The molecule has 0 radical (unpaired) electrons. The zero-order valence-electron chi connectivity index (χ0n) is 11.5. The number of rotatable bonds is 4. The quantitative estimate of drug-likeness (QED) is 0.885. The summed E-state index contributed by atoms with van der Waals surface area (Å²) in [4.78, 5) is 12.5. The van der Waals surface area contributed by atoms with Gasteiger partial charge in [0.1, 0.15) is 4.88 Å². The van der Waals surface area contributed by atoms with E-state index in [9.17, 15) is 9.90 Å². The number of carbonyl (C=O) groups excluding carboxylic acids is 1. The van der Waals surface area contributed by atoms with Crippen LogP contribution in [0.15, 0.2) is 0 Å². The van der Waals surface area contributed by atoms with Crippen LogP contribution in [-0.2, 0) is 0 Å². The summed E-state index contributed by atoms with van der Waals surface area (Å²) in [6, 6.07) is 0. The molecule has 19 heavy (non-hydrogen) atoms. The third-order valence-electron chi connectivity index (χ3n) is 4.05. The second-order valence-electron chi connectivity index (χ2n) is 5.45. The first-order valence-electron chi connectivity index (χ1n) is 6.83. The summed E-state index contributed by atoms with van der Waals surface area (Å²) in [5, 5.41) is 17.1. The van der Waals surface area contributed by atoms with Crippen LogP contribution in [0.25, 0.3) is 0 Å². The van der Waals surface area contributed by atoms with Crippen LogP contribution in [0.1, 0.15) is 54.4 Å². The number of aliphatic hydroxyl groups is 1. The van der Waals surface area contributed by atoms with Crippen LogP contribution in [0.4, 0.5) is 0 Å². The maximum atomic E-state index is 11.9. The lowest BCUT2D eigenvalue weighted by Crippen LogP contribution is -2.45. The smallest absolute Gasteiger partial charge is 0.265 e. The zero-order valence-corrected chi connectivity index (χ0v) is 12.3. The Morgan fingerprint density at radius 3 is 2.74 bits per heavy atom. The second-order valence-corrected chi connectivity index (χ2v) is 6.20. The molecule has 2 N–H and O–H groups in total. The average molecular weight is 283 g/mol. The normalized spacial score (nSPS) is 27.2. The molecule has 0 spiro atoms. The van der Waals surface area contributed by atoms with Gasteiger partial charge in [-0.2, -0.15) is 0 Å². The van der Waals surface area contributed by atoms with Gasteiger partial charge in [0.15, 0.2) is 0 Å². The molecule has 1 heterocycles. The summed E-state index contributed by atoms with van der Waals surface area (Å²) < 4.78 is 3.74. The van der Waals surface area contributed by atoms with E-state index in [4.69, 9.17) is 0 Å². The Morgan fingerprint density at radius 2 is 2.21 bits per heavy atom. The summed E-state index contributed by atoms with van der Waals surface area (Å²) in [5.74, 6) is 0.544. The molecule has 5 nitrogen and oxygen atoms in total. The lowest BCUT2D eigenvalue weighted by molar-refractivity contribution is -0.00784. The van der Waals surface area contributed by atoms with Crippen molar-refractivity contribution < 1.29 is 9.90 Å². The molecule has 1 fully saturated rings. The van der Waals surface area contributed by atoms with Crippen molar-refractivity contribution in [1.29, 1.82) is 0 Å². The first kappa shape index (κ1) is 14.4. The van der Waals surface area contributed by atoms with E-state index in [0.717, 1.165) is 43.1 Å². The summed E-state index contributed by atoms with van der Waals surface area (Å²) in [7, 11) is 0. The van der Waals surface area contributed by atoms with Gasteiger partial charge in [-0.05, 0) is 50.1 Å². The highest BCUT2D eigenvalue weighted by Gasteiger charge is 2.33. The molecule has 1 saturated carbocycles. The van der Waals surface area contributed by atoms with Gasteiger partial charge < -0.3 is 10.4 Å². The minimum atomic E-state index is -0.743. The van der Waals surface area contributed by atoms with E-state index in [1.807, 2.05) is 0 Å². The molecule has 6 heteroatoms. The fourth-order valence-electron chi connectivity index (χ4n) is 2.56. The molecule has 1 amide bonds. The van der Waals surface area contributed by atoms with E-state index in [1.165, 1.54) is 6.42 Å². The van der Waals surface area contributed by atoms with Crippen LogP contribution in [0, 0.1) is 12.8 Å². The van der Waals surface area contributed by atoms with Crippen LogP contribution < -0.4 is 5.32 Å². The highest BCUT2D eigenvalue weighted by molar-refractivity contribution is 7.07. The van der Waals surface area contributed by atoms with Crippen LogP contribution in [0.2, 0.25) is 0 Å². The predicted molar refractivity (Wildman–Crippen MR) is 74.2 cm³/mol. The molecule has 2 rings (SSSR count). The van der Waals surface area contributed by atoms with Crippen molar-refractivity contribution in [2.24, 2.45) is 5.92 Å². The molecule has 0 aliphatic heterocycles. The van der Waals surface area contributed by atoms with E-state index in [2.05, 4.69) is 21.8 Å². The van der Waals surface area contributed by atoms with Gasteiger partial charge in [0.2, 0.25) is 0 Å². The number of nitrogens with zero attached hydrogens (tertiary/aromatic N) is 2. The monoisotopic (exact) mass is 283 g/mol. The Bertz CT molecular complexity index is 439. The Balaban J connectivity index is 1.85. The van der Waals surface area contributed by atoms with E-state index in [-0.39, 0.29) is 5.91 Å². The number of carbonyl (C=O) groups is 1. The Morgan fingerprint density at radius 1 is 1.53 bits per heavy atom. The number of hydrogen-bond donors (Lipinski definition) is 2. The molecule has 1 aromatic heterocycles. The van der Waals surface area contributed by atoms with Gasteiger partial charge in [0, 0.05) is 6.54 Å². The molecule has 0 bridgehead atoms. The molecule has 0 saturated heterocycles. The molecular formula is C13H21N3O2S. The number of amides is 1. The van der Waals surface area contributed by atoms with Gasteiger partial charge in [0.05, 0.1) is 11.3 Å². The molecule has 106 valence electrons. The maximum Gasteiger partial charge on any atom is 0.265 e. The largest absolute Gasteiger partial charge is 0.388 e. The van der Waals surface area contributed by atoms with Crippen molar-refractivity contribution in [1.82, 2.24) is 14.9 Å². The second kappa shape index (κ2) is 5.96. The van der Waals surface area contributed by atoms with Gasteiger partial charge in [-0.1, -0.05) is 17.8 Å². The first-order chi connectivity index (χ1) is 9.04. The minimum absolute atomic E-state index is 0.182. The van der Waals surface area contributed by atoms with E-state index in [0.29, 0.717) is 17.1 Å².